The van der Waals surface area contributed by atoms with Crippen LogP contribution in [0, 0.1) is 23.1 Å². The van der Waals surface area contributed by atoms with E-state index in [0.717, 1.165) is 36.1 Å². The van der Waals surface area contributed by atoms with Crippen LogP contribution in [-0.2, 0) is 14.9 Å². The number of anilines is 1. The van der Waals surface area contributed by atoms with E-state index < -0.39 is 34.1 Å². The predicted molar refractivity (Wildman–Crippen MR) is 157 cm³/mol. The van der Waals surface area contributed by atoms with Gasteiger partial charge in [0.05, 0.1) is 18.0 Å². The Hall–Kier alpha value is -3.69. The van der Waals surface area contributed by atoms with Crippen molar-refractivity contribution in [1.29, 1.82) is 5.26 Å². The van der Waals surface area contributed by atoms with E-state index in [1.54, 1.807) is 18.7 Å². The van der Waals surface area contributed by atoms with Crippen LogP contribution in [0.3, 0.4) is 0 Å². The Kier molecular flexibility index (Phi) is 8.47. The third-order valence-corrected chi connectivity index (χ3v) is 10.7. The Labute approximate surface area is 239 Å². The highest BCUT2D eigenvalue weighted by molar-refractivity contribution is 8.00. The fourth-order valence-corrected chi connectivity index (χ4v) is 7.44. The fraction of sp³-hybridized carbons (Fsp3) is 0.448. The molecular formula is C29H35F2N7O2S. The Morgan fingerprint density at radius 3 is 2.59 bits per heavy atom. The molecule has 2 N–H and O–H groups in total. The van der Waals surface area contributed by atoms with Crippen LogP contribution in [0.5, 0.6) is 0 Å². The number of alkyl halides is 1. The quantitative estimate of drug-likeness (QED) is 0.372. The third-order valence-electron chi connectivity index (χ3n) is 8.09. The zero-order chi connectivity index (χ0) is 29.1. The highest BCUT2D eigenvalue weighted by atomic mass is 32.3. The van der Waals surface area contributed by atoms with Crippen molar-refractivity contribution >= 4 is 21.7 Å². The van der Waals surface area contributed by atoms with Crippen LogP contribution in [-0.4, -0.2) is 69.1 Å². The molecule has 2 aromatic heterocycles. The molecule has 9 nitrogen and oxygen atoms in total. The van der Waals surface area contributed by atoms with Crippen LogP contribution in [0.1, 0.15) is 37.8 Å². The number of aromatic nitrogens is 3. The second-order valence-electron chi connectivity index (χ2n) is 10.7. The first-order chi connectivity index (χ1) is 19.7. The number of nitrogens with zero attached hydrogens (tertiary/aromatic N) is 6. The number of nitriles is 1. The monoisotopic (exact) mass is 583 g/mol. The number of hydrogen-bond acceptors (Lipinski definition) is 6. The Morgan fingerprint density at radius 1 is 1.22 bits per heavy atom. The summed E-state index contributed by atoms with van der Waals surface area (Å²) in [5.74, 6) is -0.168. The first-order valence-corrected chi connectivity index (χ1v) is 15.9. The number of nitrogens with one attached hydrogen (secondary N) is 1. The second kappa shape index (κ2) is 12.0. The number of rotatable bonds is 6. The molecule has 1 saturated carbocycles. The van der Waals surface area contributed by atoms with Crippen LogP contribution in [0.2, 0.25) is 0 Å². The molecule has 4 atom stereocenters. The fourth-order valence-electron chi connectivity index (χ4n) is 5.69. The lowest BCUT2D eigenvalue weighted by Gasteiger charge is -2.37. The normalized spacial score (nSPS) is 23.7. The van der Waals surface area contributed by atoms with E-state index in [9.17, 15) is 23.4 Å². The molecule has 0 bridgehead atoms. The molecule has 1 aromatic carbocycles. The van der Waals surface area contributed by atoms with Gasteiger partial charge in [0.15, 0.2) is 5.82 Å². The highest BCUT2D eigenvalue weighted by Gasteiger charge is 2.39. The zero-order valence-electron chi connectivity index (χ0n) is 23.1. The van der Waals surface area contributed by atoms with Crippen LogP contribution in [0.25, 0.3) is 16.9 Å². The minimum Gasteiger partial charge on any atom is -0.370 e. The van der Waals surface area contributed by atoms with Gasteiger partial charge in [-0.05, 0) is 56.0 Å². The number of halogens is 2. The van der Waals surface area contributed by atoms with E-state index in [4.69, 9.17) is 5.10 Å². The van der Waals surface area contributed by atoms with E-state index in [1.165, 1.54) is 12.1 Å². The second-order valence-corrected chi connectivity index (χ2v) is 13.8. The first-order valence-electron chi connectivity index (χ1n) is 13.8. The smallest absolute Gasteiger partial charge is 0.224 e. The topological polar surface area (TPSA) is 119 Å². The summed E-state index contributed by atoms with van der Waals surface area (Å²) in [5.41, 5.74) is 3.32. The van der Waals surface area contributed by atoms with Crippen molar-refractivity contribution in [2.24, 2.45) is 10.3 Å². The minimum atomic E-state index is -2.18. The van der Waals surface area contributed by atoms with Crippen molar-refractivity contribution in [2.45, 2.75) is 44.3 Å². The molecular weight excluding hydrogens is 548 g/mol. The zero-order valence-corrected chi connectivity index (χ0v) is 24.0. The van der Waals surface area contributed by atoms with Crippen molar-refractivity contribution in [3.05, 3.63) is 60.3 Å². The van der Waals surface area contributed by atoms with E-state index >= 15 is 0 Å². The summed E-state index contributed by atoms with van der Waals surface area (Å²) in [7, 11) is -0.485. The maximum absolute atomic E-state index is 14.6. The first kappa shape index (κ1) is 28.8. The van der Waals surface area contributed by atoms with E-state index in [0.29, 0.717) is 35.9 Å². The standard InChI is InChI=1S/C29H35F2N7O2S/c1-19(16-32)35-29(39)25-15-21(30)5-9-24(25)28-26(18-38(36-28)27-10-6-22(31)17-34-27)20-3-7-23(8-4-20)37-11-13-41(40,33-2)14-12-37/h3-4,6-8,10,17-19,21,24-25,41H,5,9,11-15H2,1-2H3,(H,33,40)(H,35,39)/t19-,21-,24+,25+/m0/s1. The maximum atomic E-state index is 14.6. The van der Waals surface area contributed by atoms with Gasteiger partial charge in [0, 0.05) is 60.9 Å². The summed E-state index contributed by atoms with van der Waals surface area (Å²) in [5, 5.41) is 16.7. The number of carbonyl (C=O) groups is 1. The number of amides is 1. The summed E-state index contributed by atoms with van der Waals surface area (Å²) in [4.78, 5) is 19.6. The van der Waals surface area contributed by atoms with Gasteiger partial charge >= 0.3 is 0 Å². The lowest BCUT2D eigenvalue weighted by atomic mass is 9.74. The van der Waals surface area contributed by atoms with Crippen LogP contribution in [0.15, 0.2) is 53.2 Å². The van der Waals surface area contributed by atoms with Gasteiger partial charge in [0.25, 0.3) is 0 Å². The van der Waals surface area contributed by atoms with E-state index in [1.807, 2.05) is 36.5 Å². The molecule has 0 unspecified atom stereocenters. The van der Waals surface area contributed by atoms with Gasteiger partial charge in [-0.1, -0.05) is 12.1 Å². The van der Waals surface area contributed by atoms with Gasteiger partial charge in [-0.2, -0.15) is 10.4 Å². The summed E-state index contributed by atoms with van der Waals surface area (Å²) < 4.78 is 44.5. The number of hydrogen-bond donors (Lipinski definition) is 3. The Morgan fingerprint density at radius 2 is 1.95 bits per heavy atom. The molecule has 12 heteroatoms. The van der Waals surface area contributed by atoms with Crippen LogP contribution < -0.4 is 10.2 Å². The number of carbonyl (C=O) groups excluding carboxylic acids is 1. The molecule has 2 fully saturated rings. The molecule has 1 saturated heterocycles. The van der Waals surface area contributed by atoms with Crippen molar-refractivity contribution in [3.8, 4) is 23.0 Å². The molecule has 0 spiro atoms. The van der Waals surface area contributed by atoms with Crippen molar-refractivity contribution < 1.29 is 18.1 Å². The minimum absolute atomic E-state index is 0.0443. The van der Waals surface area contributed by atoms with Gasteiger partial charge in [-0.15, -0.1) is 10.1 Å². The molecule has 2 aliphatic rings. The van der Waals surface area contributed by atoms with Crippen LogP contribution >= 0.6 is 0 Å². The lowest BCUT2D eigenvalue weighted by Crippen LogP contribution is -2.43. The van der Waals surface area contributed by atoms with Gasteiger partial charge in [0.2, 0.25) is 5.91 Å². The molecule has 5 rings (SSSR count). The maximum Gasteiger partial charge on any atom is 0.224 e. The van der Waals surface area contributed by atoms with Crippen molar-refractivity contribution in [2.75, 3.05) is 36.5 Å². The molecule has 3 heterocycles. The van der Waals surface area contributed by atoms with Gasteiger partial charge in [-0.25, -0.2) is 18.4 Å². The summed E-state index contributed by atoms with van der Waals surface area (Å²) in [6.07, 6.45) is 2.58. The largest absolute Gasteiger partial charge is 0.370 e. The Bertz CT molecular complexity index is 1470. The molecule has 0 radical (unpaired) electrons. The third kappa shape index (κ3) is 6.31. The number of thiol groups is 1. The van der Waals surface area contributed by atoms with E-state index in [2.05, 4.69) is 19.6 Å². The van der Waals surface area contributed by atoms with Crippen molar-refractivity contribution in [1.82, 2.24) is 20.1 Å². The molecule has 218 valence electrons. The molecule has 1 aliphatic heterocycles. The predicted octanol–water partition coefficient (Wildman–Crippen LogP) is 4.32. The number of benzene rings is 1. The average Bonchev–Trinajstić information content (AvgIpc) is 3.43. The van der Waals surface area contributed by atoms with E-state index in [-0.39, 0.29) is 18.2 Å². The van der Waals surface area contributed by atoms with Crippen LogP contribution in [0.4, 0.5) is 14.5 Å². The SMILES string of the molecule is CN=[SH]1(O)CCN(c2ccc(-c3cn(-c4ccc(F)cn4)nc3[C@@H]3CC[C@H](F)C[C@H]3C(=O)N[C@@H](C)C#N)cc2)CC1. The lowest BCUT2D eigenvalue weighted by molar-refractivity contribution is -0.127. The molecule has 1 amide bonds. The summed E-state index contributed by atoms with van der Waals surface area (Å²) >= 11 is 0. The number of pyridine rings is 1. The molecule has 41 heavy (non-hydrogen) atoms. The average molecular weight is 584 g/mol. The van der Waals surface area contributed by atoms with Crippen molar-refractivity contribution in [3.63, 3.8) is 0 Å². The van der Waals surface area contributed by atoms with Gasteiger partial charge < -0.3 is 14.8 Å². The van der Waals surface area contributed by atoms with Gasteiger partial charge in [-0.3, -0.25) is 9.16 Å². The highest BCUT2D eigenvalue weighted by Crippen LogP contribution is 2.43. The summed E-state index contributed by atoms with van der Waals surface area (Å²) in [6, 6.07) is 12.2. The Balaban J connectivity index is 1.50. The molecule has 3 aromatic rings. The molecule has 1 aliphatic carbocycles. The summed E-state index contributed by atoms with van der Waals surface area (Å²) in [6.45, 7) is 3.04. The van der Waals surface area contributed by atoms with Gasteiger partial charge in [0.1, 0.15) is 18.0 Å².